The minimum absolute atomic E-state index is 0.342. The van der Waals surface area contributed by atoms with Gasteiger partial charge in [0.25, 0.3) is 0 Å². The van der Waals surface area contributed by atoms with E-state index in [1.54, 1.807) is 11.3 Å². The third-order valence-corrected chi connectivity index (χ3v) is 4.46. The van der Waals surface area contributed by atoms with E-state index < -0.39 is 0 Å². The van der Waals surface area contributed by atoms with Crippen LogP contribution in [0.15, 0.2) is 29.6 Å². The number of nitrogens with two attached hydrogens (primary N) is 1. The molecule has 22 heavy (non-hydrogen) atoms. The molecule has 0 aromatic carbocycles. The lowest BCUT2D eigenvalue weighted by atomic mass is 10.2. The highest BCUT2D eigenvalue weighted by Crippen LogP contribution is 2.26. The van der Waals surface area contributed by atoms with Crippen molar-refractivity contribution >= 4 is 34.2 Å². The van der Waals surface area contributed by atoms with E-state index in [1.165, 1.54) is 0 Å². The Morgan fingerprint density at radius 2 is 2.18 bits per heavy atom. The molecule has 3 aromatic heterocycles. The van der Waals surface area contributed by atoms with Gasteiger partial charge in [-0.3, -0.25) is 0 Å². The maximum Gasteiger partial charge on any atom is 0.166 e. The molecule has 3 heterocycles. The molecule has 3 rings (SSSR count). The molecule has 0 amide bonds. The fraction of sp³-hybridized carbons (Fsp3) is 0.267. The van der Waals surface area contributed by atoms with Crippen molar-refractivity contribution in [2.24, 2.45) is 5.73 Å². The molecule has 0 aliphatic rings. The van der Waals surface area contributed by atoms with Crippen molar-refractivity contribution in [2.45, 2.75) is 6.42 Å². The van der Waals surface area contributed by atoms with Gasteiger partial charge in [0.15, 0.2) is 11.5 Å². The predicted octanol–water partition coefficient (Wildman–Crippen LogP) is 2.20. The van der Waals surface area contributed by atoms with Crippen LogP contribution in [-0.2, 0) is 6.42 Å². The first-order valence-electron chi connectivity index (χ1n) is 6.93. The van der Waals surface area contributed by atoms with Crippen molar-refractivity contribution in [1.29, 1.82) is 0 Å². The Hall–Kier alpha value is -1.83. The molecule has 3 aromatic rings. The van der Waals surface area contributed by atoms with E-state index in [2.05, 4.69) is 21.0 Å². The highest BCUT2D eigenvalue weighted by Gasteiger charge is 2.15. The molecule has 0 unspecified atom stereocenters. The van der Waals surface area contributed by atoms with Crippen molar-refractivity contribution in [2.75, 3.05) is 20.6 Å². The lowest BCUT2D eigenvalue weighted by Crippen LogP contribution is -2.15. The van der Waals surface area contributed by atoms with E-state index in [4.69, 9.17) is 18.0 Å². The third-order valence-electron chi connectivity index (χ3n) is 3.35. The second kappa shape index (κ2) is 6.12. The van der Waals surface area contributed by atoms with Crippen LogP contribution in [0.5, 0.6) is 0 Å². The van der Waals surface area contributed by atoms with Crippen LogP contribution in [0, 0.1) is 0 Å². The quantitative estimate of drug-likeness (QED) is 0.726. The van der Waals surface area contributed by atoms with Gasteiger partial charge in [0.05, 0.1) is 16.1 Å². The van der Waals surface area contributed by atoms with Crippen molar-refractivity contribution in [1.82, 2.24) is 19.5 Å². The molecule has 114 valence electrons. The van der Waals surface area contributed by atoms with Crippen molar-refractivity contribution in [3.05, 3.63) is 41.0 Å². The van der Waals surface area contributed by atoms with Crippen LogP contribution in [0.1, 0.15) is 11.4 Å². The molecule has 0 spiro atoms. The number of nitrogens with zero attached hydrogens (tertiary/aromatic N) is 4. The molecular weight excluding hydrogens is 314 g/mol. The van der Waals surface area contributed by atoms with Crippen molar-refractivity contribution in [3.8, 4) is 10.6 Å². The zero-order valence-corrected chi connectivity index (χ0v) is 14.1. The van der Waals surface area contributed by atoms with E-state index in [0.717, 1.165) is 40.6 Å². The summed E-state index contributed by atoms with van der Waals surface area (Å²) in [5.41, 5.74) is 8.32. The number of hydrogen-bond donors (Lipinski definition) is 1. The zero-order chi connectivity index (χ0) is 15.7. The standard InChI is InChI=1S/C15H17N5S2/c1-19(2)8-7-13-17-15-10(14(16)21)5-6-11(20(15)18-13)12-4-3-9-22-12/h3-6,9H,7-8H2,1-2H3,(H2,16,21). The summed E-state index contributed by atoms with van der Waals surface area (Å²) in [4.78, 5) is 8.23. The number of rotatable bonds is 5. The molecule has 2 N–H and O–H groups in total. The third kappa shape index (κ3) is 2.87. The van der Waals surface area contributed by atoms with E-state index in [0.29, 0.717) is 4.99 Å². The van der Waals surface area contributed by atoms with Gasteiger partial charge in [0.2, 0.25) is 0 Å². The normalized spacial score (nSPS) is 11.4. The number of pyridine rings is 1. The first-order valence-corrected chi connectivity index (χ1v) is 8.22. The van der Waals surface area contributed by atoms with E-state index in [1.807, 2.05) is 42.2 Å². The molecule has 0 radical (unpaired) electrons. The maximum atomic E-state index is 5.82. The van der Waals surface area contributed by atoms with Gasteiger partial charge in [-0.15, -0.1) is 11.3 Å². The average Bonchev–Trinajstić information content (AvgIpc) is 3.12. The summed E-state index contributed by atoms with van der Waals surface area (Å²) in [6.07, 6.45) is 0.787. The van der Waals surface area contributed by atoms with Gasteiger partial charge in [-0.2, -0.15) is 5.10 Å². The maximum absolute atomic E-state index is 5.82. The first-order chi connectivity index (χ1) is 10.6. The van der Waals surface area contributed by atoms with Crippen LogP contribution in [0.3, 0.4) is 0 Å². The molecular formula is C15H17N5S2. The van der Waals surface area contributed by atoms with Crippen LogP contribution in [0.4, 0.5) is 0 Å². The molecule has 0 bridgehead atoms. The summed E-state index contributed by atoms with van der Waals surface area (Å²) in [5, 5.41) is 6.70. The fourth-order valence-electron chi connectivity index (χ4n) is 2.24. The fourth-order valence-corrected chi connectivity index (χ4v) is 3.13. The summed E-state index contributed by atoms with van der Waals surface area (Å²) >= 11 is 6.81. The van der Waals surface area contributed by atoms with Gasteiger partial charge >= 0.3 is 0 Å². The Labute approximate surface area is 138 Å². The van der Waals surface area contributed by atoms with Crippen molar-refractivity contribution in [3.63, 3.8) is 0 Å². The summed E-state index contributed by atoms with van der Waals surface area (Å²) < 4.78 is 1.85. The van der Waals surface area contributed by atoms with Crippen LogP contribution < -0.4 is 5.73 Å². The van der Waals surface area contributed by atoms with Crippen LogP contribution in [-0.4, -0.2) is 45.1 Å². The van der Waals surface area contributed by atoms with Gasteiger partial charge in [-0.05, 0) is 37.7 Å². The molecule has 0 saturated carbocycles. The largest absolute Gasteiger partial charge is 0.389 e. The SMILES string of the molecule is CN(C)CCc1nc2c(C(N)=S)ccc(-c3cccs3)n2n1. The second-order valence-electron chi connectivity index (χ2n) is 5.29. The van der Waals surface area contributed by atoms with Gasteiger partial charge in [0.1, 0.15) is 4.99 Å². The van der Waals surface area contributed by atoms with Gasteiger partial charge < -0.3 is 10.6 Å². The first kappa shape index (κ1) is 15.1. The molecule has 0 fully saturated rings. The number of thiocarbonyl (C=S) groups is 1. The number of aromatic nitrogens is 3. The monoisotopic (exact) mass is 331 g/mol. The van der Waals surface area contributed by atoms with Gasteiger partial charge in [0, 0.05) is 13.0 Å². The molecule has 7 heteroatoms. The smallest absolute Gasteiger partial charge is 0.166 e. The summed E-state index contributed by atoms with van der Waals surface area (Å²) in [6.45, 7) is 0.896. The van der Waals surface area contributed by atoms with E-state index >= 15 is 0 Å². The number of fused-ring (bicyclic) bond motifs is 1. The topological polar surface area (TPSA) is 59.5 Å². The van der Waals surface area contributed by atoms with Gasteiger partial charge in [-0.1, -0.05) is 18.3 Å². The summed E-state index contributed by atoms with van der Waals surface area (Å²) in [5.74, 6) is 0.801. The summed E-state index contributed by atoms with van der Waals surface area (Å²) in [7, 11) is 4.07. The average molecular weight is 331 g/mol. The molecule has 5 nitrogen and oxygen atoms in total. The lowest BCUT2D eigenvalue weighted by Gasteiger charge is -2.05. The summed E-state index contributed by atoms with van der Waals surface area (Å²) in [6, 6.07) is 8.02. The van der Waals surface area contributed by atoms with Crippen LogP contribution in [0.2, 0.25) is 0 Å². The Kier molecular flexibility index (Phi) is 4.19. The minimum Gasteiger partial charge on any atom is -0.389 e. The Bertz CT molecular complexity index is 805. The number of likely N-dealkylation sites (N-methyl/N-ethyl adjacent to an activating group) is 1. The molecule has 0 aliphatic carbocycles. The highest BCUT2D eigenvalue weighted by molar-refractivity contribution is 7.80. The Morgan fingerprint density at radius 3 is 2.82 bits per heavy atom. The predicted molar refractivity (Wildman–Crippen MR) is 94.4 cm³/mol. The van der Waals surface area contributed by atoms with Crippen LogP contribution in [0.25, 0.3) is 16.2 Å². The van der Waals surface area contributed by atoms with Gasteiger partial charge in [-0.25, -0.2) is 9.50 Å². The zero-order valence-electron chi connectivity index (χ0n) is 12.5. The van der Waals surface area contributed by atoms with Crippen molar-refractivity contribution < 1.29 is 0 Å². The molecule has 0 aliphatic heterocycles. The number of thiophene rings is 1. The second-order valence-corrected chi connectivity index (χ2v) is 6.68. The Morgan fingerprint density at radius 1 is 1.36 bits per heavy atom. The highest BCUT2D eigenvalue weighted by atomic mass is 32.1. The number of hydrogen-bond acceptors (Lipinski definition) is 5. The van der Waals surface area contributed by atoms with Crippen LogP contribution >= 0.6 is 23.6 Å². The lowest BCUT2D eigenvalue weighted by molar-refractivity contribution is 0.409. The van der Waals surface area contributed by atoms with E-state index in [-0.39, 0.29) is 0 Å². The molecule has 0 atom stereocenters. The molecule has 0 saturated heterocycles. The van der Waals surface area contributed by atoms with E-state index in [9.17, 15) is 0 Å². The Balaban J connectivity index is 2.14. The minimum atomic E-state index is 0.342.